The maximum Gasteiger partial charge on any atom is 0.344 e. The van der Waals surface area contributed by atoms with Crippen LogP contribution in [0.25, 0.3) is 27.9 Å². The molecule has 29 heavy (non-hydrogen) atoms. The summed E-state index contributed by atoms with van der Waals surface area (Å²) in [7, 11) is 1.61. The minimum atomic E-state index is -0.502. The molecular formula is C22H22N4O3. The molecule has 0 saturated carbocycles. The third-order valence-electron chi connectivity index (χ3n) is 4.58. The quantitative estimate of drug-likeness (QED) is 0.518. The highest BCUT2D eigenvalue weighted by atomic mass is 16.5. The number of aromatic nitrogens is 3. The van der Waals surface area contributed by atoms with Gasteiger partial charge in [0.05, 0.1) is 24.8 Å². The molecule has 2 N–H and O–H groups in total. The molecule has 0 aliphatic rings. The van der Waals surface area contributed by atoms with E-state index in [2.05, 4.69) is 4.98 Å². The summed E-state index contributed by atoms with van der Waals surface area (Å²) in [5, 5.41) is 0. The molecule has 4 rings (SSSR count). The number of hydrogen-bond acceptors (Lipinski definition) is 6. The zero-order valence-electron chi connectivity index (χ0n) is 16.5. The van der Waals surface area contributed by atoms with Gasteiger partial charge in [-0.3, -0.25) is 4.57 Å². The van der Waals surface area contributed by atoms with Crippen LogP contribution in [-0.2, 0) is 4.74 Å². The summed E-state index contributed by atoms with van der Waals surface area (Å²) in [5.41, 5.74) is 9.75. The molecule has 4 aromatic rings. The lowest BCUT2D eigenvalue weighted by molar-refractivity contribution is 0.0462. The SMILES string of the molecule is COc1ccc(-n2c(N)c(C(=O)OCC(C)C)c3nc4ccccc4nc32)cc1. The molecule has 0 atom stereocenters. The molecule has 7 nitrogen and oxygen atoms in total. The zero-order chi connectivity index (χ0) is 20.5. The van der Waals surface area contributed by atoms with Crippen LogP contribution in [0.4, 0.5) is 5.82 Å². The number of methoxy groups -OCH3 is 1. The van der Waals surface area contributed by atoms with Crippen LogP contribution in [0.5, 0.6) is 5.75 Å². The molecule has 0 amide bonds. The highest BCUT2D eigenvalue weighted by molar-refractivity contribution is 6.09. The molecule has 2 aromatic heterocycles. The predicted octanol–water partition coefficient (Wildman–Crippen LogP) is 3.98. The van der Waals surface area contributed by atoms with Gasteiger partial charge in [0, 0.05) is 5.69 Å². The summed E-state index contributed by atoms with van der Waals surface area (Å²) in [6.45, 7) is 4.25. The molecule has 0 bridgehead atoms. The second-order valence-electron chi connectivity index (χ2n) is 7.17. The van der Waals surface area contributed by atoms with Crippen LogP contribution in [0, 0.1) is 5.92 Å². The van der Waals surface area contributed by atoms with Gasteiger partial charge in [-0.15, -0.1) is 0 Å². The number of nitrogen functional groups attached to an aromatic ring is 1. The van der Waals surface area contributed by atoms with Gasteiger partial charge in [-0.1, -0.05) is 26.0 Å². The molecular weight excluding hydrogens is 368 g/mol. The van der Waals surface area contributed by atoms with Gasteiger partial charge in [0.1, 0.15) is 22.6 Å². The number of nitrogens with zero attached hydrogens (tertiary/aromatic N) is 3. The van der Waals surface area contributed by atoms with Crippen LogP contribution in [0.15, 0.2) is 48.5 Å². The zero-order valence-corrected chi connectivity index (χ0v) is 16.5. The number of esters is 1. The monoisotopic (exact) mass is 390 g/mol. The normalized spacial score (nSPS) is 11.3. The summed E-state index contributed by atoms with van der Waals surface area (Å²) >= 11 is 0. The van der Waals surface area contributed by atoms with E-state index in [1.165, 1.54) is 0 Å². The smallest absolute Gasteiger partial charge is 0.344 e. The van der Waals surface area contributed by atoms with Crippen molar-refractivity contribution >= 4 is 34.0 Å². The van der Waals surface area contributed by atoms with Crippen molar-refractivity contribution in [2.75, 3.05) is 19.5 Å². The van der Waals surface area contributed by atoms with Gasteiger partial charge in [0.25, 0.3) is 0 Å². The molecule has 0 radical (unpaired) electrons. The fourth-order valence-corrected chi connectivity index (χ4v) is 3.17. The lowest BCUT2D eigenvalue weighted by Crippen LogP contribution is -2.12. The topological polar surface area (TPSA) is 92.3 Å². The average molecular weight is 390 g/mol. The average Bonchev–Trinajstić information content (AvgIpc) is 3.01. The van der Waals surface area contributed by atoms with Crippen LogP contribution < -0.4 is 10.5 Å². The maximum absolute atomic E-state index is 12.9. The van der Waals surface area contributed by atoms with Gasteiger partial charge in [-0.05, 0) is 42.3 Å². The molecule has 148 valence electrons. The number of rotatable bonds is 5. The number of hydrogen-bond donors (Lipinski definition) is 1. The highest BCUT2D eigenvalue weighted by Gasteiger charge is 2.26. The Morgan fingerprint density at radius 1 is 1.07 bits per heavy atom. The second-order valence-corrected chi connectivity index (χ2v) is 7.17. The van der Waals surface area contributed by atoms with E-state index >= 15 is 0 Å². The maximum atomic E-state index is 12.9. The molecule has 7 heteroatoms. The molecule has 2 aromatic carbocycles. The molecule has 0 spiro atoms. The number of nitrogens with two attached hydrogens (primary N) is 1. The van der Waals surface area contributed by atoms with Gasteiger partial charge < -0.3 is 15.2 Å². The van der Waals surface area contributed by atoms with Crippen molar-refractivity contribution in [3.8, 4) is 11.4 Å². The molecule has 0 saturated heterocycles. The highest BCUT2D eigenvalue weighted by Crippen LogP contribution is 2.32. The van der Waals surface area contributed by atoms with Crippen LogP contribution in [0.3, 0.4) is 0 Å². The van der Waals surface area contributed by atoms with E-state index in [4.69, 9.17) is 20.2 Å². The van der Waals surface area contributed by atoms with Crippen molar-refractivity contribution in [2.45, 2.75) is 13.8 Å². The van der Waals surface area contributed by atoms with Crippen LogP contribution >= 0.6 is 0 Å². The summed E-state index contributed by atoms with van der Waals surface area (Å²) < 4.78 is 12.4. The first-order valence-electron chi connectivity index (χ1n) is 9.37. The van der Waals surface area contributed by atoms with Crippen LogP contribution in [0.1, 0.15) is 24.2 Å². The number of carbonyl (C=O) groups is 1. The van der Waals surface area contributed by atoms with Crippen molar-refractivity contribution in [2.24, 2.45) is 5.92 Å². The van der Waals surface area contributed by atoms with E-state index in [1.807, 2.05) is 62.4 Å². The number of anilines is 1. The molecule has 0 fully saturated rings. The summed E-state index contributed by atoms with van der Waals surface area (Å²) in [6, 6.07) is 14.9. The third-order valence-corrected chi connectivity index (χ3v) is 4.58. The lowest BCUT2D eigenvalue weighted by Gasteiger charge is -2.09. The van der Waals surface area contributed by atoms with E-state index in [-0.39, 0.29) is 17.3 Å². The van der Waals surface area contributed by atoms with Crippen LogP contribution in [-0.4, -0.2) is 34.2 Å². The van der Waals surface area contributed by atoms with E-state index in [9.17, 15) is 4.79 Å². The van der Waals surface area contributed by atoms with E-state index < -0.39 is 5.97 Å². The first-order chi connectivity index (χ1) is 14.0. The van der Waals surface area contributed by atoms with Crippen molar-refractivity contribution < 1.29 is 14.3 Å². The van der Waals surface area contributed by atoms with E-state index in [0.717, 1.165) is 11.4 Å². The predicted molar refractivity (Wildman–Crippen MR) is 112 cm³/mol. The summed E-state index contributed by atoms with van der Waals surface area (Å²) in [6.07, 6.45) is 0. The Morgan fingerprint density at radius 2 is 1.72 bits per heavy atom. The number of fused-ring (bicyclic) bond motifs is 2. The largest absolute Gasteiger partial charge is 0.497 e. The summed E-state index contributed by atoms with van der Waals surface area (Å²) in [5.74, 6) is 0.672. The Labute approximate surface area is 168 Å². The molecule has 0 aliphatic carbocycles. The first-order valence-corrected chi connectivity index (χ1v) is 9.37. The number of ether oxygens (including phenoxy) is 2. The number of para-hydroxylation sites is 2. The van der Waals surface area contributed by atoms with Crippen LogP contribution in [0.2, 0.25) is 0 Å². The van der Waals surface area contributed by atoms with Crippen molar-refractivity contribution in [3.63, 3.8) is 0 Å². The molecule has 2 heterocycles. The van der Waals surface area contributed by atoms with E-state index in [0.29, 0.717) is 28.8 Å². The third kappa shape index (κ3) is 3.35. The van der Waals surface area contributed by atoms with Gasteiger partial charge in [-0.25, -0.2) is 14.8 Å². The van der Waals surface area contributed by atoms with Crippen molar-refractivity contribution in [1.82, 2.24) is 14.5 Å². The molecule has 0 unspecified atom stereocenters. The van der Waals surface area contributed by atoms with Gasteiger partial charge in [0.15, 0.2) is 5.65 Å². The van der Waals surface area contributed by atoms with Gasteiger partial charge in [0.2, 0.25) is 0 Å². The first kappa shape index (κ1) is 18.7. The van der Waals surface area contributed by atoms with Crippen molar-refractivity contribution in [1.29, 1.82) is 0 Å². The number of benzene rings is 2. The minimum absolute atomic E-state index is 0.210. The second kappa shape index (κ2) is 7.43. The standard InChI is InChI=1S/C22H22N4O3/c1-13(2)12-29-22(27)18-19-21(25-17-7-5-4-6-16(17)24-19)26(20(18)23)14-8-10-15(28-3)11-9-14/h4-11,13H,12,23H2,1-3H3. The fourth-order valence-electron chi connectivity index (χ4n) is 3.17. The summed E-state index contributed by atoms with van der Waals surface area (Å²) in [4.78, 5) is 22.3. The minimum Gasteiger partial charge on any atom is -0.497 e. The Morgan fingerprint density at radius 3 is 2.34 bits per heavy atom. The fraction of sp³-hybridized carbons (Fsp3) is 0.227. The Balaban J connectivity index is 1.97. The Hall–Kier alpha value is -3.61. The number of carbonyl (C=O) groups excluding carboxylic acids is 1. The molecule has 0 aliphatic heterocycles. The Bertz CT molecular complexity index is 1200. The van der Waals surface area contributed by atoms with Gasteiger partial charge in [-0.2, -0.15) is 0 Å². The Kier molecular flexibility index (Phi) is 4.80. The van der Waals surface area contributed by atoms with Crippen molar-refractivity contribution in [3.05, 3.63) is 54.1 Å². The van der Waals surface area contributed by atoms with E-state index in [1.54, 1.807) is 11.7 Å². The van der Waals surface area contributed by atoms with Gasteiger partial charge >= 0.3 is 5.97 Å². The lowest BCUT2D eigenvalue weighted by atomic mass is 10.2.